The third-order valence-electron chi connectivity index (χ3n) is 1.41. The van der Waals surface area contributed by atoms with Gasteiger partial charge in [-0.3, -0.25) is 0 Å². The van der Waals surface area contributed by atoms with Gasteiger partial charge in [0.25, 0.3) is 0 Å². The van der Waals surface area contributed by atoms with Crippen molar-refractivity contribution in [2.45, 2.75) is 12.6 Å². The summed E-state index contributed by atoms with van der Waals surface area (Å²) in [5, 5.41) is 0. The van der Waals surface area contributed by atoms with Crippen molar-refractivity contribution in [2.24, 2.45) is 0 Å². The smallest absolute Gasteiger partial charge is 0.393 e. The number of nitrogens with zero attached hydrogens (tertiary/aromatic N) is 1. The molecule has 0 unspecified atom stereocenters. The van der Waals surface area contributed by atoms with Crippen molar-refractivity contribution >= 4 is 0 Å². The van der Waals surface area contributed by atoms with E-state index < -0.39 is 12.6 Å². The van der Waals surface area contributed by atoms with Crippen LogP contribution >= 0.6 is 0 Å². The lowest BCUT2D eigenvalue weighted by Gasteiger charge is -2.06. The molecule has 0 aliphatic heterocycles. The molecule has 13 heavy (non-hydrogen) atoms. The van der Waals surface area contributed by atoms with Gasteiger partial charge in [-0.05, 0) is 11.6 Å². The molecule has 0 saturated carbocycles. The summed E-state index contributed by atoms with van der Waals surface area (Å²) in [5.41, 5.74) is 0.152. The van der Waals surface area contributed by atoms with Crippen LogP contribution in [0.25, 0.3) is 0 Å². The van der Waals surface area contributed by atoms with Crippen LogP contribution in [0.3, 0.4) is 0 Å². The molecule has 0 spiro atoms. The Morgan fingerprint density at radius 2 is 2.15 bits per heavy atom. The van der Waals surface area contributed by atoms with Gasteiger partial charge in [-0.2, -0.15) is 13.2 Å². The number of hydrogen-bond acceptors (Lipinski definition) is 2. The number of pyridine rings is 1. The molecule has 1 aromatic heterocycles. The Hall–Kier alpha value is -1.26. The molecule has 1 rings (SSSR count). The Kier molecular flexibility index (Phi) is 2.75. The van der Waals surface area contributed by atoms with E-state index in [4.69, 9.17) is 4.74 Å². The van der Waals surface area contributed by atoms with Crippen LogP contribution in [0, 0.1) is 0 Å². The summed E-state index contributed by atoms with van der Waals surface area (Å²) >= 11 is 0. The fourth-order valence-corrected chi connectivity index (χ4v) is 0.903. The molecule has 0 saturated heterocycles. The quantitative estimate of drug-likeness (QED) is 0.714. The summed E-state index contributed by atoms with van der Waals surface area (Å²) in [5.74, 6) is 0.196. The van der Waals surface area contributed by atoms with Crippen LogP contribution in [-0.4, -0.2) is 18.3 Å². The molecule has 5 heteroatoms. The second-order valence-electron chi connectivity index (χ2n) is 2.50. The third kappa shape index (κ3) is 3.31. The SMILES string of the molecule is COc1cc(CC(F)(F)F)ccn1. The number of rotatable bonds is 2. The predicted octanol–water partition coefficient (Wildman–Crippen LogP) is 2.20. The molecule has 2 nitrogen and oxygen atoms in total. The van der Waals surface area contributed by atoms with Crippen LogP contribution in [0.1, 0.15) is 5.56 Å². The normalized spacial score (nSPS) is 11.4. The second kappa shape index (κ2) is 3.64. The van der Waals surface area contributed by atoms with Crippen molar-refractivity contribution in [3.05, 3.63) is 23.9 Å². The molecule has 0 aromatic carbocycles. The zero-order valence-corrected chi connectivity index (χ0v) is 6.93. The topological polar surface area (TPSA) is 22.1 Å². The molecule has 0 amide bonds. The summed E-state index contributed by atoms with van der Waals surface area (Å²) in [6, 6.07) is 2.59. The van der Waals surface area contributed by atoms with E-state index in [0.29, 0.717) is 0 Å². The molecular weight excluding hydrogens is 183 g/mol. The van der Waals surface area contributed by atoms with E-state index in [1.807, 2.05) is 0 Å². The first-order valence-corrected chi connectivity index (χ1v) is 3.57. The van der Waals surface area contributed by atoms with Gasteiger partial charge in [0.05, 0.1) is 13.5 Å². The van der Waals surface area contributed by atoms with E-state index in [1.165, 1.54) is 25.4 Å². The molecular formula is C8H8F3NO. The molecule has 1 heterocycles. The highest BCUT2D eigenvalue weighted by Gasteiger charge is 2.27. The second-order valence-corrected chi connectivity index (χ2v) is 2.50. The van der Waals surface area contributed by atoms with Gasteiger partial charge >= 0.3 is 6.18 Å². The van der Waals surface area contributed by atoms with Gasteiger partial charge in [-0.1, -0.05) is 0 Å². The van der Waals surface area contributed by atoms with Gasteiger partial charge in [0.2, 0.25) is 5.88 Å². The first-order valence-electron chi connectivity index (χ1n) is 3.57. The number of aromatic nitrogens is 1. The average molecular weight is 191 g/mol. The molecule has 0 aliphatic carbocycles. The largest absolute Gasteiger partial charge is 0.481 e. The summed E-state index contributed by atoms with van der Waals surface area (Å²) in [4.78, 5) is 3.70. The molecule has 0 atom stereocenters. The third-order valence-corrected chi connectivity index (χ3v) is 1.41. The zero-order chi connectivity index (χ0) is 9.90. The van der Waals surface area contributed by atoms with Gasteiger partial charge in [0.15, 0.2) is 0 Å². The first kappa shape index (κ1) is 9.83. The first-order chi connectivity index (χ1) is 6.01. The van der Waals surface area contributed by atoms with E-state index >= 15 is 0 Å². The zero-order valence-electron chi connectivity index (χ0n) is 6.93. The number of hydrogen-bond donors (Lipinski definition) is 0. The molecule has 0 bridgehead atoms. The maximum atomic E-state index is 11.9. The van der Waals surface area contributed by atoms with Gasteiger partial charge < -0.3 is 4.74 Å². The Morgan fingerprint density at radius 1 is 1.46 bits per heavy atom. The van der Waals surface area contributed by atoms with Crippen molar-refractivity contribution in [3.63, 3.8) is 0 Å². The van der Waals surface area contributed by atoms with Crippen LogP contribution in [0.15, 0.2) is 18.3 Å². The predicted molar refractivity (Wildman–Crippen MR) is 40.5 cm³/mol. The monoisotopic (exact) mass is 191 g/mol. The molecule has 0 fully saturated rings. The van der Waals surface area contributed by atoms with E-state index in [-0.39, 0.29) is 11.4 Å². The number of halogens is 3. The summed E-state index contributed by atoms with van der Waals surface area (Å²) in [6.45, 7) is 0. The summed E-state index contributed by atoms with van der Waals surface area (Å²) < 4.78 is 40.4. The Labute approximate surface area is 73.4 Å². The lowest BCUT2D eigenvalue weighted by Crippen LogP contribution is -2.11. The minimum Gasteiger partial charge on any atom is -0.481 e. The Bertz CT molecular complexity index is 285. The van der Waals surface area contributed by atoms with Crippen molar-refractivity contribution < 1.29 is 17.9 Å². The van der Waals surface area contributed by atoms with Gasteiger partial charge in [0, 0.05) is 12.3 Å². The van der Waals surface area contributed by atoms with Crippen LogP contribution in [0.4, 0.5) is 13.2 Å². The highest BCUT2D eigenvalue weighted by molar-refractivity contribution is 5.21. The maximum absolute atomic E-state index is 11.9. The fraction of sp³-hybridized carbons (Fsp3) is 0.375. The molecule has 0 N–H and O–H groups in total. The average Bonchev–Trinajstić information content (AvgIpc) is 2.01. The lowest BCUT2D eigenvalue weighted by atomic mass is 10.2. The number of ether oxygens (including phenoxy) is 1. The summed E-state index contributed by atoms with van der Waals surface area (Å²) in [7, 11) is 1.36. The van der Waals surface area contributed by atoms with E-state index in [1.54, 1.807) is 0 Å². The lowest BCUT2D eigenvalue weighted by molar-refractivity contribution is -0.127. The molecule has 0 radical (unpaired) electrons. The fourth-order valence-electron chi connectivity index (χ4n) is 0.903. The van der Waals surface area contributed by atoms with Crippen molar-refractivity contribution in [1.82, 2.24) is 4.98 Å². The van der Waals surface area contributed by atoms with Crippen LogP contribution in [0.5, 0.6) is 5.88 Å². The van der Waals surface area contributed by atoms with Crippen LogP contribution in [-0.2, 0) is 6.42 Å². The van der Waals surface area contributed by atoms with E-state index in [2.05, 4.69) is 4.98 Å². The van der Waals surface area contributed by atoms with E-state index in [0.717, 1.165) is 0 Å². The number of methoxy groups -OCH3 is 1. The molecule has 1 aromatic rings. The minimum absolute atomic E-state index is 0.152. The Morgan fingerprint density at radius 3 is 2.69 bits per heavy atom. The maximum Gasteiger partial charge on any atom is 0.393 e. The number of alkyl halides is 3. The molecule has 0 aliphatic rings. The van der Waals surface area contributed by atoms with Crippen molar-refractivity contribution in [2.75, 3.05) is 7.11 Å². The van der Waals surface area contributed by atoms with E-state index in [9.17, 15) is 13.2 Å². The van der Waals surface area contributed by atoms with Gasteiger partial charge in [-0.15, -0.1) is 0 Å². The highest BCUT2D eigenvalue weighted by Crippen LogP contribution is 2.22. The van der Waals surface area contributed by atoms with Crippen LogP contribution < -0.4 is 4.74 Å². The van der Waals surface area contributed by atoms with Crippen LogP contribution in [0.2, 0.25) is 0 Å². The van der Waals surface area contributed by atoms with Gasteiger partial charge in [-0.25, -0.2) is 4.98 Å². The van der Waals surface area contributed by atoms with Gasteiger partial charge in [0.1, 0.15) is 0 Å². The standard InChI is InChI=1S/C8H8F3NO/c1-13-7-4-6(2-3-12-7)5-8(9,10)11/h2-4H,5H2,1H3. The summed E-state index contributed by atoms with van der Waals surface area (Å²) in [6.07, 6.45) is -3.85. The van der Waals surface area contributed by atoms with Crippen molar-refractivity contribution in [1.29, 1.82) is 0 Å². The Balaban J connectivity index is 2.78. The minimum atomic E-state index is -4.19. The molecule has 72 valence electrons. The highest BCUT2D eigenvalue weighted by atomic mass is 19.4. The van der Waals surface area contributed by atoms with Crippen molar-refractivity contribution in [3.8, 4) is 5.88 Å².